The van der Waals surface area contributed by atoms with E-state index in [1.807, 2.05) is 59.1 Å². The standard InChI is InChI=1S/C20H15ClN4O/c21-15-9-6-10-16(13-15)22-20(26)24-19-18(14-7-2-1-3-8-14)23-17-11-4-5-12-25(17)19/h1-13H,(H2,22,24,26). The van der Waals surface area contributed by atoms with Crippen molar-refractivity contribution in [3.63, 3.8) is 0 Å². The number of imidazole rings is 1. The van der Waals surface area contributed by atoms with Gasteiger partial charge in [-0.15, -0.1) is 0 Å². The van der Waals surface area contributed by atoms with E-state index in [1.165, 1.54) is 0 Å². The molecule has 26 heavy (non-hydrogen) atoms. The van der Waals surface area contributed by atoms with Gasteiger partial charge >= 0.3 is 6.03 Å². The number of carbonyl (C=O) groups is 1. The van der Waals surface area contributed by atoms with E-state index in [1.54, 1.807) is 24.3 Å². The van der Waals surface area contributed by atoms with Gasteiger partial charge in [0.25, 0.3) is 0 Å². The number of hydrogen-bond acceptors (Lipinski definition) is 2. The van der Waals surface area contributed by atoms with Gasteiger partial charge < -0.3 is 5.32 Å². The van der Waals surface area contributed by atoms with Gasteiger partial charge in [-0.3, -0.25) is 9.72 Å². The van der Waals surface area contributed by atoms with Gasteiger partial charge in [-0.25, -0.2) is 9.78 Å². The zero-order valence-corrected chi connectivity index (χ0v) is 14.4. The molecule has 5 nitrogen and oxygen atoms in total. The van der Waals surface area contributed by atoms with Gasteiger partial charge in [0.15, 0.2) is 0 Å². The van der Waals surface area contributed by atoms with Gasteiger partial charge in [0.05, 0.1) is 0 Å². The lowest BCUT2D eigenvalue weighted by atomic mass is 10.1. The fraction of sp³-hybridized carbons (Fsp3) is 0. The lowest BCUT2D eigenvalue weighted by Gasteiger charge is -2.09. The zero-order valence-electron chi connectivity index (χ0n) is 13.7. The lowest BCUT2D eigenvalue weighted by Crippen LogP contribution is -2.20. The zero-order chi connectivity index (χ0) is 17.9. The molecule has 0 radical (unpaired) electrons. The monoisotopic (exact) mass is 362 g/mol. The van der Waals surface area contributed by atoms with Crippen LogP contribution in [0.1, 0.15) is 0 Å². The predicted molar refractivity (Wildman–Crippen MR) is 105 cm³/mol. The Labute approximate surface area is 155 Å². The smallest absolute Gasteiger partial charge is 0.308 e. The van der Waals surface area contributed by atoms with Crippen molar-refractivity contribution in [1.82, 2.24) is 9.38 Å². The topological polar surface area (TPSA) is 58.4 Å². The first-order valence-corrected chi connectivity index (χ1v) is 8.44. The number of amides is 2. The third-order valence-corrected chi connectivity index (χ3v) is 4.13. The highest BCUT2D eigenvalue weighted by atomic mass is 35.5. The summed E-state index contributed by atoms with van der Waals surface area (Å²) in [6.07, 6.45) is 1.86. The van der Waals surface area contributed by atoms with E-state index < -0.39 is 0 Å². The molecule has 0 aliphatic heterocycles. The molecule has 6 heteroatoms. The molecular weight excluding hydrogens is 348 g/mol. The van der Waals surface area contributed by atoms with Crippen LogP contribution < -0.4 is 10.6 Å². The maximum atomic E-state index is 12.5. The molecule has 2 aromatic heterocycles. The van der Waals surface area contributed by atoms with E-state index in [9.17, 15) is 4.79 Å². The molecule has 4 aromatic rings. The Bertz CT molecular complexity index is 1080. The van der Waals surface area contributed by atoms with Crippen LogP contribution in [0.2, 0.25) is 5.02 Å². The van der Waals surface area contributed by atoms with E-state index in [0.717, 1.165) is 11.2 Å². The molecule has 2 amide bonds. The molecule has 4 rings (SSSR count). The first-order valence-electron chi connectivity index (χ1n) is 8.07. The Balaban J connectivity index is 1.70. The Morgan fingerprint density at radius 2 is 1.73 bits per heavy atom. The van der Waals surface area contributed by atoms with Crippen LogP contribution in [-0.4, -0.2) is 15.4 Å². The molecule has 0 atom stereocenters. The minimum Gasteiger partial charge on any atom is -0.308 e. The molecule has 0 spiro atoms. The van der Waals surface area contributed by atoms with Crippen LogP contribution in [0.5, 0.6) is 0 Å². The van der Waals surface area contributed by atoms with Crippen molar-refractivity contribution in [3.05, 3.63) is 84.0 Å². The number of benzene rings is 2. The lowest BCUT2D eigenvalue weighted by molar-refractivity contribution is 0.262. The van der Waals surface area contributed by atoms with Crippen LogP contribution in [0, 0.1) is 0 Å². The summed E-state index contributed by atoms with van der Waals surface area (Å²) in [6, 6.07) is 22.1. The van der Waals surface area contributed by atoms with Gasteiger partial charge in [0.2, 0.25) is 0 Å². The highest BCUT2D eigenvalue weighted by molar-refractivity contribution is 6.30. The van der Waals surface area contributed by atoms with Crippen molar-refractivity contribution < 1.29 is 4.79 Å². The SMILES string of the molecule is O=C(Nc1cccc(Cl)c1)Nc1c(-c2ccccc2)nc2ccccn12. The number of anilines is 2. The number of halogens is 1. The molecule has 0 aliphatic carbocycles. The Morgan fingerprint density at radius 3 is 2.54 bits per heavy atom. The summed E-state index contributed by atoms with van der Waals surface area (Å²) in [5.74, 6) is 0.603. The summed E-state index contributed by atoms with van der Waals surface area (Å²) in [4.78, 5) is 17.2. The number of nitrogens with zero attached hydrogens (tertiary/aromatic N) is 2. The fourth-order valence-corrected chi connectivity index (χ4v) is 2.94. The number of nitrogens with one attached hydrogen (secondary N) is 2. The molecule has 2 aromatic carbocycles. The number of pyridine rings is 1. The van der Waals surface area contributed by atoms with Gasteiger partial charge in [0, 0.05) is 22.5 Å². The largest absolute Gasteiger partial charge is 0.324 e. The number of carbonyl (C=O) groups excluding carboxylic acids is 1. The first-order chi connectivity index (χ1) is 12.7. The molecule has 0 saturated heterocycles. The Kier molecular flexibility index (Phi) is 4.29. The third-order valence-electron chi connectivity index (χ3n) is 3.89. The fourth-order valence-electron chi connectivity index (χ4n) is 2.75. The second-order valence-electron chi connectivity index (χ2n) is 5.69. The second kappa shape index (κ2) is 6.90. The number of hydrogen-bond donors (Lipinski definition) is 2. The summed E-state index contributed by atoms with van der Waals surface area (Å²) >= 11 is 5.97. The molecule has 0 bridgehead atoms. The number of urea groups is 1. The van der Waals surface area contributed by atoms with Crippen LogP contribution >= 0.6 is 11.6 Å². The highest BCUT2D eigenvalue weighted by Crippen LogP contribution is 2.28. The number of rotatable bonds is 3. The van der Waals surface area contributed by atoms with Crippen molar-refractivity contribution in [1.29, 1.82) is 0 Å². The third kappa shape index (κ3) is 3.25. The maximum Gasteiger partial charge on any atom is 0.324 e. The van der Waals surface area contributed by atoms with Crippen molar-refractivity contribution in [2.24, 2.45) is 0 Å². The van der Waals surface area contributed by atoms with Gasteiger partial charge in [-0.2, -0.15) is 0 Å². The van der Waals surface area contributed by atoms with Gasteiger partial charge in [-0.05, 0) is 30.3 Å². The summed E-state index contributed by atoms with van der Waals surface area (Å²) in [7, 11) is 0. The van der Waals surface area contributed by atoms with E-state index in [-0.39, 0.29) is 6.03 Å². The maximum absolute atomic E-state index is 12.5. The summed E-state index contributed by atoms with van der Waals surface area (Å²) in [6.45, 7) is 0. The number of fused-ring (bicyclic) bond motifs is 1. The second-order valence-corrected chi connectivity index (χ2v) is 6.13. The van der Waals surface area contributed by atoms with Crippen molar-refractivity contribution in [2.75, 3.05) is 10.6 Å². The predicted octanol–water partition coefficient (Wildman–Crippen LogP) is 5.30. The Morgan fingerprint density at radius 1 is 0.923 bits per heavy atom. The molecule has 0 aliphatic rings. The van der Waals surface area contributed by atoms with E-state index in [4.69, 9.17) is 11.6 Å². The normalized spacial score (nSPS) is 10.7. The minimum absolute atomic E-state index is 0.366. The van der Waals surface area contributed by atoms with Gasteiger partial charge in [-0.1, -0.05) is 54.1 Å². The van der Waals surface area contributed by atoms with Crippen LogP contribution in [0.25, 0.3) is 16.9 Å². The average Bonchev–Trinajstić information content (AvgIpc) is 3.01. The molecule has 2 N–H and O–H groups in total. The summed E-state index contributed by atoms with van der Waals surface area (Å²) < 4.78 is 1.85. The molecular formula is C20H15ClN4O. The quantitative estimate of drug-likeness (QED) is 0.519. The average molecular weight is 363 g/mol. The van der Waals surface area contributed by atoms with Crippen molar-refractivity contribution in [3.8, 4) is 11.3 Å². The summed E-state index contributed by atoms with van der Waals surface area (Å²) in [5.41, 5.74) is 3.00. The van der Waals surface area contributed by atoms with Crippen LogP contribution in [0.15, 0.2) is 79.0 Å². The Hall–Kier alpha value is -3.31. The molecule has 0 saturated carbocycles. The van der Waals surface area contributed by atoms with Crippen molar-refractivity contribution >= 4 is 34.8 Å². The van der Waals surface area contributed by atoms with Crippen LogP contribution in [0.3, 0.4) is 0 Å². The molecule has 0 fully saturated rings. The van der Waals surface area contributed by atoms with Gasteiger partial charge in [0.1, 0.15) is 17.2 Å². The van der Waals surface area contributed by atoms with E-state index in [2.05, 4.69) is 15.6 Å². The van der Waals surface area contributed by atoms with Crippen LogP contribution in [-0.2, 0) is 0 Å². The van der Waals surface area contributed by atoms with Crippen molar-refractivity contribution in [2.45, 2.75) is 0 Å². The number of aromatic nitrogens is 2. The molecule has 2 heterocycles. The van der Waals surface area contributed by atoms with E-state index >= 15 is 0 Å². The highest BCUT2D eigenvalue weighted by Gasteiger charge is 2.16. The van der Waals surface area contributed by atoms with Crippen LogP contribution in [0.4, 0.5) is 16.3 Å². The summed E-state index contributed by atoms with van der Waals surface area (Å²) in [5, 5.41) is 6.25. The molecule has 0 unspecified atom stereocenters. The first kappa shape index (κ1) is 16.2. The minimum atomic E-state index is -0.366. The van der Waals surface area contributed by atoms with E-state index in [0.29, 0.717) is 22.2 Å². The molecule has 128 valence electrons.